The van der Waals surface area contributed by atoms with Crippen molar-refractivity contribution in [1.29, 1.82) is 0 Å². The number of halogens is 1. The normalized spacial score (nSPS) is 22.7. The lowest BCUT2D eigenvalue weighted by Gasteiger charge is -2.38. The van der Waals surface area contributed by atoms with Crippen molar-refractivity contribution in [1.82, 2.24) is 14.7 Å². The molecule has 26 heavy (non-hydrogen) atoms. The summed E-state index contributed by atoms with van der Waals surface area (Å²) < 4.78 is 1.96. The van der Waals surface area contributed by atoms with Crippen LogP contribution in [-0.2, 0) is 18.4 Å². The number of amidine groups is 1. The van der Waals surface area contributed by atoms with E-state index in [1.165, 1.54) is 23.2 Å². The number of anilines is 1. The first kappa shape index (κ1) is 16.3. The topological polar surface area (TPSA) is 45.5 Å². The Morgan fingerprint density at radius 2 is 2.12 bits per heavy atom. The van der Waals surface area contributed by atoms with Crippen molar-refractivity contribution >= 4 is 23.1 Å². The summed E-state index contributed by atoms with van der Waals surface area (Å²) in [4.78, 5) is 6.87. The number of aryl methyl sites for hydroxylation is 1. The van der Waals surface area contributed by atoms with Crippen LogP contribution in [0.4, 0.5) is 5.69 Å². The number of nitrogens with zero attached hydrogens (tertiary/aromatic N) is 4. The average molecular weight is 370 g/mol. The predicted molar refractivity (Wildman–Crippen MR) is 106 cm³/mol. The van der Waals surface area contributed by atoms with Crippen LogP contribution in [0, 0.1) is 0 Å². The standard InChI is InChI=1S/C20H24ClN5/c1-22-19-20(6-4-7-20)14-9-15(21)18(10-17(14)23-19)26-12-13-11-25(2)8-3-5-16(13)24-26/h9-10,12H,3-8,11H2,1-2H3,(H,22,23). The molecule has 0 bridgehead atoms. The maximum atomic E-state index is 6.73. The zero-order valence-corrected chi connectivity index (χ0v) is 16.1. The lowest BCUT2D eigenvalue weighted by molar-refractivity contribution is 0.331. The van der Waals surface area contributed by atoms with Crippen LogP contribution in [-0.4, -0.2) is 41.2 Å². The zero-order chi connectivity index (χ0) is 17.9. The molecular formula is C20H24ClN5. The molecule has 5 nitrogen and oxygen atoms in total. The molecule has 1 N–H and O–H groups in total. The van der Waals surface area contributed by atoms with E-state index in [9.17, 15) is 0 Å². The molecule has 6 heteroatoms. The van der Waals surface area contributed by atoms with Crippen LogP contribution in [0.25, 0.3) is 5.69 Å². The van der Waals surface area contributed by atoms with Crippen LogP contribution in [0.2, 0.25) is 5.02 Å². The summed E-state index contributed by atoms with van der Waals surface area (Å²) in [6, 6.07) is 4.28. The molecule has 0 saturated heterocycles. The molecule has 1 aromatic heterocycles. The van der Waals surface area contributed by atoms with Crippen molar-refractivity contribution in [2.45, 2.75) is 44.1 Å². The Hall–Kier alpha value is -1.85. The van der Waals surface area contributed by atoms with Gasteiger partial charge in [-0.15, -0.1) is 0 Å². The largest absolute Gasteiger partial charge is 0.343 e. The number of aromatic nitrogens is 2. The summed E-state index contributed by atoms with van der Waals surface area (Å²) in [5, 5.41) is 9.16. The smallest absolute Gasteiger partial charge is 0.111 e. The molecule has 1 saturated carbocycles. The second kappa shape index (κ2) is 5.83. The average Bonchev–Trinajstić information content (AvgIpc) is 3.06. The van der Waals surface area contributed by atoms with Gasteiger partial charge in [0, 0.05) is 31.0 Å². The summed E-state index contributed by atoms with van der Waals surface area (Å²) in [6.07, 6.45) is 7.88. The first-order chi connectivity index (χ1) is 12.6. The molecule has 136 valence electrons. The first-order valence-corrected chi connectivity index (χ1v) is 9.83. The van der Waals surface area contributed by atoms with E-state index in [-0.39, 0.29) is 5.41 Å². The summed E-state index contributed by atoms with van der Waals surface area (Å²) >= 11 is 6.73. The van der Waals surface area contributed by atoms with Gasteiger partial charge in [0.15, 0.2) is 0 Å². The Morgan fingerprint density at radius 3 is 2.85 bits per heavy atom. The van der Waals surface area contributed by atoms with E-state index < -0.39 is 0 Å². The molecule has 2 aliphatic heterocycles. The zero-order valence-electron chi connectivity index (χ0n) is 15.3. The molecule has 3 aliphatic rings. The van der Waals surface area contributed by atoms with E-state index in [1.54, 1.807) is 0 Å². The van der Waals surface area contributed by atoms with Crippen LogP contribution >= 0.6 is 11.6 Å². The summed E-state index contributed by atoms with van der Waals surface area (Å²) in [5.41, 5.74) is 5.95. The van der Waals surface area contributed by atoms with Gasteiger partial charge >= 0.3 is 0 Å². The SMILES string of the molecule is CN=C1Nc2cc(-n3cc4c(n3)CCCN(C)C4)c(Cl)cc2C12CCC2. The second-order valence-electron chi connectivity index (χ2n) is 7.87. The highest BCUT2D eigenvalue weighted by atomic mass is 35.5. The van der Waals surface area contributed by atoms with Gasteiger partial charge in [-0.25, -0.2) is 4.68 Å². The Balaban J connectivity index is 1.58. The van der Waals surface area contributed by atoms with Crippen molar-refractivity contribution in [3.8, 4) is 5.69 Å². The van der Waals surface area contributed by atoms with Gasteiger partial charge in [-0.2, -0.15) is 5.10 Å². The van der Waals surface area contributed by atoms with E-state index in [4.69, 9.17) is 16.7 Å². The van der Waals surface area contributed by atoms with Crippen LogP contribution in [0.3, 0.4) is 0 Å². The number of aliphatic imine (C=N–C) groups is 1. The monoisotopic (exact) mass is 369 g/mol. The molecule has 3 heterocycles. The number of rotatable bonds is 1. The van der Waals surface area contributed by atoms with Crippen LogP contribution < -0.4 is 5.32 Å². The van der Waals surface area contributed by atoms with Crippen LogP contribution in [0.15, 0.2) is 23.3 Å². The van der Waals surface area contributed by atoms with E-state index >= 15 is 0 Å². The number of nitrogens with one attached hydrogen (secondary N) is 1. The van der Waals surface area contributed by atoms with E-state index in [1.807, 2.05) is 11.7 Å². The van der Waals surface area contributed by atoms with Crippen LogP contribution in [0.5, 0.6) is 0 Å². The van der Waals surface area contributed by atoms with E-state index in [2.05, 4.69) is 40.6 Å². The van der Waals surface area contributed by atoms with Gasteiger partial charge in [0.25, 0.3) is 0 Å². The molecule has 0 atom stereocenters. The van der Waals surface area contributed by atoms with Crippen molar-refractivity contribution in [2.24, 2.45) is 4.99 Å². The van der Waals surface area contributed by atoms with E-state index in [0.29, 0.717) is 0 Å². The van der Waals surface area contributed by atoms with Gasteiger partial charge in [0.05, 0.1) is 21.8 Å². The van der Waals surface area contributed by atoms with Crippen molar-refractivity contribution in [3.05, 3.63) is 40.2 Å². The van der Waals surface area contributed by atoms with Gasteiger partial charge in [-0.1, -0.05) is 18.0 Å². The van der Waals surface area contributed by atoms with Crippen molar-refractivity contribution in [2.75, 3.05) is 26.0 Å². The third-order valence-electron chi connectivity index (χ3n) is 6.26. The highest BCUT2D eigenvalue weighted by Gasteiger charge is 2.49. The molecule has 0 amide bonds. The first-order valence-electron chi connectivity index (χ1n) is 9.45. The third kappa shape index (κ3) is 2.26. The Kier molecular flexibility index (Phi) is 3.66. The second-order valence-corrected chi connectivity index (χ2v) is 8.28. The molecule has 1 aliphatic carbocycles. The molecule has 1 spiro atoms. The van der Waals surface area contributed by atoms with E-state index in [0.717, 1.165) is 61.0 Å². The molecule has 1 fully saturated rings. The number of benzene rings is 1. The Labute approximate surface area is 159 Å². The molecule has 2 aromatic rings. The number of hydrogen-bond donors (Lipinski definition) is 1. The Bertz CT molecular complexity index is 909. The quantitative estimate of drug-likeness (QED) is 0.832. The minimum Gasteiger partial charge on any atom is -0.343 e. The minimum atomic E-state index is 0.0657. The third-order valence-corrected chi connectivity index (χ3v) is 6.56. The fourth-order valence-corrected chi connectivity index (χ4v) is 4.97. The van der Waals surface area contributed by atoms with Crippen molar-refractivity contribution in [3.63, 3.8) is 0 Å². The number of fused-ring (bicyclic) bond motifs is 3. The molecule has 0 radical (unpaired) electrons. The fraction of sp³-hybridized carbons (Fsp3) is 0.500. The van der Waals surface area contributed by atoms with Gasteiger partial charge in [-0.3, -0.25) is 4.99 Å². The summed E-state index contributed by atoms with van der Waals surface area (Å²) in [7, 11) is 4.04. The predicted octanol–water partition coefficient (Wildman–Crippen LogP) is 3.78. The maximum Gasteiger partial charge on any atom is 0.111 e. The van der Waals surface area contributed by atoms with Gasteiger partial charge in [0.2, 0.25) is 0 Å². The molecular weight excluding hydrogens is 346 g/mol. The summed E-state index contributed by atoms with van der Waals surface area (Å²) in [6.45, 7) is 2.08. The van der Waals surface area contributed by atoms with Gasteiger partial charge < -0.3 is 10.2 Å². The summed E-state index contributed by atoms with van der Waals surface area (Å²) in [5.74, 6) is 1.09. The number of hydrogen-bond acceptors (Lipinski definition) is 3. The maximum absolute atomic E-state index is 6.73. The highest BCUT2D eigenvalue weighted by molar-refractivity contribution is 6.33. The lowest BCUT2D eigenvalue weighted by Crippen LogP contribution is -2.41. The minimum absolute atomic E-state index is 0.0657. The van der Waals surface area contributed by atoms with Gasteiger partial charge in [-0.05, 0) is 57.0 Å². The van der Waals surface area contributed by atoms with Crippen LogP contribution in [0.1, 0.15) is 42.5 Å². The molecule has 5 rings (SSSR count). The molecule has 0 unspecified atom stereocenters. The Morgan fingerprint density at radius 1 is 1.27 bits per heavy atom. The molecule has 1 aromatic carbocycles. The lowest BCUT2D eigenvalue weighted by atomic mass is 9.65. The van der Waals surface area contributed by atoms with Gasteiger partial charge in [0.1, 0.15) is 5.84 Å². The highest BCUT2D eigenvalue weighted by Crippen LogP contribution is 2.52. The fourth-order valence-electron chi connectivity index (χ4n) is 4.72. The van der Waals surface area contributed by atoms with Crippen molar-refractivity contribution < 1.29 is 0 Å².